The van der Waals surface area contributed by atoms with Crippen LogP contribution in [0.4, 0.5) is 5.82 Å². The number of nitrogens with one attached hydrogen (secondary N) is 2. The lowest BCUT2D eigenvalue weighted by Crippen LogP contribution is -2.36. The summed E-state index contributed by atoms with van der Waals surface area (Å²) < 4.78 is 5.12. The first-order valence-corrected chi connectivity index (χ1v) is 6.23. The van der Waals surface area contributed by atoms with Crippen molar-refractivity contribution < 1.29 is 14.3 Å². The van der Waals surface area contributed by atoms with Gasteiger partial charge in [-0.25, -0.2) is 4.98 Å². The fourth-order valence-electron chi connectivity index (χ4n) is 1.38. The number of anilines is 1. The van der Waals surface area contributed by atoms with Gasteiger partial charge < -0.3 is 15.4 Å². The van der Waals surface area contributed by atoms with Gasteiger partial charge in [0.2, 0.25) is 0 Å². The molecule has 6 nitrogen and oxygen atoms in total. The summed E-state index contributed by atoms with van der Waals surface area (Å²) in [7, 11) is 0. The Morgan fingerprint density at radius 3 is 2.84 bits per heavy atom. The van der Waals surface area contributed by atoms with E-state index in [-0.39, 0.29) is 0 Å². The Hall–Kier alpha value is -1.95. The normalized spacial score (nSPS) is 10.0. The van der Waals surface area contributed by atoms with Gasteiger partial charge in [-0.3, -0.25) is 9.59 Å². The first-order chi connectivity index (χ1) is 9.13. The van der Waals surface area contributed by atoms with E-state index in [2.05, 4.69) is 15.6 Å². The quantitative estimate of drug-likeness (QED) is 0.591. The molecule has 0 bridgehead atoms. The van der Waals surface area contributed by atoms with Crippen molar-refractivity contribution in [2.45, 2.75) is 20.3 Å². The average Bonchev–Trinajstić information content (AvgIpc) is 2.38. The summed E-state index contributed by atoms with van der Waals surface area (Å²) in [4.78, 5) is 27.0. The Bertz CT molecular complexity index is 435. The third-order valence-corrected chi connectivity index (χ3v) is 2.32. The molecule has 1 aromatic heterocycles. The topological polar surface area (TPSA) is 80.3 Å². The Balaban J connectivity index is 2.31. The molecule has 0 saturated carbocycles. The van der Waals surface area contributed by atoms with Crippen LogP contribution in [0.5, 0.6) is 0 Å². The van der Waals surface area contributed by atoms with Crippen LogP contribution >= 0.6 is 0 Å². The molecule has 0 spiro atoms. The van der Waals surface area contributed by atoms with Gasteiger partial charge in [-0.15, -0.1) is 0 Å². The molecule has 1 aromatic rings. The van der Waals surface area contributed by atoms with E-state index in [1.165, 1.54) is 0 Å². The van der Waals surface area contributed by atoms with Gasteiger partial charge in [0.25, 0.3) is 0 Å². The van der Waals surface area contributed by atoms with Crippen LogP contribution in [0.25, 0.3) is 0 Å². The summed E-state index contributed by atoms with van der Waals surface area (Å²) in [6, 6.07) is 3.50. The standard InChI is InChI=1S/C13H19N3O3/c1-3-19-8-4-6-15-12(17)13(18)16-11-9-10(2)5-7-14-11/h5,7,9H,3-4,6,8H2,1-2H3,(H,15,17)(H,14,16,18). The molecule has 0 aliphatic heterocycles. The summed E-state index contributed by atoms with van der Waals surface area (Å²) in [5, 5.41) is 4.96. The number of nitrogens with zero attached hydrogens (tertiary/aromatic N) is 1. The van der Waals surface area contributed by atoms with Crippen LogP contribution in [-0.4, -0.2) is 36.6 Å². The van der Waals surface area contributed by atoms with Crippen molar-refractivity contribution >= 4 is 17.6 Å². The minimum Gasteiger partial charge on any atom is -0.382 e. The second-order valence-corrected chi connectivity index (χ2v) is 3.98. The summed E-state index contributed by atoms with van der Waals surface area (Å²) in [5.74, 6) is -1.01. The lowest BCUT2D eigenvalue weighted by molar-refractivity contribution is -0.136. The van der Waals surface area contributed by atoms with Crippen molar-refractivity contribution in [3.05, 3.63) is 23.9 Å². The van der Waals surface area contributed by atoms with Crippen LogP contribution in [0.15, 0.2) is 18.3 Å². The third-order valence-electron chi connectivity index (χ3n) is 2.32. The zero-order valence-corrected chi connectivity index (χ0v) is 11.2. The maximum absolute atomic E-state index is 11.5. The molecule has 0 aliphatic rings. The second kappa shape index (κ2) is 8.20. The van der Waals surface area contributed by atoms with Crippen LogP contribution in [0.1, 0.15) is 18.9 Å². The van der Waals surface area contributed by atoms with Crippen LogP contribution < -0.4 is 10.6 Å². The highest BCUT2D eigenvalue weighted by molar-refractivity contribution is 6.39. The molecule has 0 fully saturated rings. The highest BCUT2D eigenvalue weighted by Gasteiger charge is 2.13. The number of hydrogen-bond acceptors (Lipinski definition) is 4. The molecule has 1 rings (SSSR count). The molecule has 0 atom stereocenters. The van der Waals surface area contributed by atoms with E-state index in [1.54, 1.807) is 12.3 Å². The largest absolute Gasteiger partial charge is 0.382 e. The van der Waals surface area contributed by atoms with Gasteiger partial charge in [0.15, 0.2) is 0 Å². The number of aryl methyl sites for hydroxylation is 1. The third kappa shape index (κ3) is 5.96. The van der Waals surface area contributed by atoms with Gasteiger partial charge in [-0.05, 0) is 38.0 Å². The van der Waals surface area contributed by atoms with Gasteiger partial charge >= 0.3 is 11.8 Å². The molecular formula is C13H19N3O3. The predicted molar refractivity (Wildman–Crippen MR) is 71.7 cm³/mol. The highest BCUT2D eigenvalue weighted by atomic mass is 16.5. The van der Waals surface area contributed by atoms with Gasteiger partial charge in [0.05, 0.1) is 0 Å². The first kappa shape index (κ1) is 15.1. The van der Waals surface area contributed by atoms with Crippen LogP contribution in [0.2, 0.25) is 0 Å². The second-order valence-electron chi connectivity index (χ2n) is 3.98. The van der Waals surface area contributed by atoms with E-state index in [0.717, 1.165) is 5.56 Å². The van der Waals surface area contributed by atoms with Crippen molar-refractivity contribution in [1.29, 1.82) is 0 Å². The molecule has 2 amide bonds. The molecule has 0 saturated heterocycles. The van der Waals surface area contributed by atoms with Gasteiger partial charge in [-0.2, -0.15) is 0 Å². The SMILES string of the molecule is CCOCCCNC(=O)C(=O)Nc1cc(C)ccn1. The Morgan fingerprint density at radius 1 is 1.37 bits per heavy atom. The summed E-state index contributed by atoms with van der Waals surface area (Å²) in [6.07, 6.45) is 2.25. The first-order valence-electron chi connectivity index (χ1n) is 6.23. The van der Waals surface area contributed by atoms with Gasteiger partial charge in [-0.1, -0.05) is 0 Å². The smallest absolute Gasteiger partial charge is 0.314 e. The minimum absolute atomic E-state index is 0.370. The Labute approximate surface area is 112 Å². The number of amides is 2. The van der Waals surface area contributed by atoms with Crippen molar-refractivity contribution in [2.75, 3.05) is 25.1 Å². The van der Waals surface area contributed by atoms with E-state index in [1.807, 2.05) is 19.9 Å². The molecule has 19 heavy (non-hydrogen) atoms. The van der Waals surface area contributed by atoms with E-state index < -0.39 is 11.8 Å². The van der Waals surface area contributed by atoms with Gasteiger partial charge in [0, 0.05) is 26.0 Å². The van der Waals surface area contributed by atoms with E-state index in [9.17, 15) is 9.59 Å². The minimum atomic E-state index is -0.713. The summed E-state index contributed by atoms with van der Waals surface area (Å²) >= 11 is 0. The lowest BCUT2D eigenvalue weighted by atomic mass is 10.3. The molecule has 2 N–H and O–H groups in total. The van der Waals surface area contributed by atoms with E-state index in [4.69, 9.17) is 4.74 Å². The lowest BCUT2D eigenvalue weighted by Gasteiger charge is -2.06. The number of carbonyl (C=O) groups excluding carboxylic acids is 2. The molecule has 0 radical (unpaired) electrons. The number of aromatic nitrogens is 1. The van der Waals surface area contributed by atoms with E-state index >= 15 is 0 Å². The number of hydrogen-bond donors (Lipinski definition) is 2. The van der Waals surface area contributed by atoms with Crippen LogP contribution in [0.3, 0.4) is 0 Å². The molecule has 0 unspecified atom stereocenters. The maximum atomic E-state index is 11.5. The molecule has 0 aliphatic carbocycles. The van der Waals surface area contributed by atoms with Crippen molar-refractivity contribution in [3.8, 4) is 0 Å². The Kier molecular flexibility index (Phi) is 6.52. The monoisotopic (exact) mass is 265 g/mol. The summed E-state index contributed by atoms with van der Waals surface area (Å²) in [5.41, 5.74) is 0.961. The predicted octanol–water partition coefficient (Wildman–Crippen LogP) is 0.871. The van der Waals surface area contributed by atoms with Crippen molar-refractivity contribution in [1.82, 2.24) is 10.3 Å². The van der Waals surface area contributed by atoms with Crippen LogP contribution in [-0.2, 0) is 14.3 Å². The fourth-order valence-corrected chi connectivity index (χ4v) is 1.38. The number of carbonyl (C=O) groups is 2. The molecule has 104 valence electrons. The number of pyridine rings is 1. The van der Waals surface area contributed by atoms with Crippen molar-refractivity contribution in [3.63, 3.8) is 0 Å². The zero-order valence-electron chi connectivity index (χ0n) is 11.2. The molecule has 0 aromatic carbocycles. The number of ether oxygens (including phenoxy) is 1. The van der Waals surface area contributed by atoms with Gasteiger partial charge in [0.1, 0.15) is 5.82 Å². The van der Waals surface area contributed by atoms with E-state index in [0.29, 0.717) is 32.0 Å². The molecule has 6 heteroatoms. The zero-order chi connectivity index (χ0) is 14.1. The molecular weight excluding hydrogens is 246 g/mol. The van der Waals surface area contributed by atoms with Crippen molar-refractivity contribution in [2.24, 2.45) is 0 Å². The van der Waals surface area contributed by atoms with Crippen LogP contribution in [0, 0.1) is 6.92 Å². The Morgan fingerprint density at radius 2 is 2.16 bits per heavy atom. The number of rotatable bonds is 6. The summed E-state index contributed by atoms with van der Waals surface area (Å²) in [6.45, 7) is 5.41. The maximum Gasteiger partial charge on any atom is 0.314 e. The fraction of sp³-hybridized carbons (Fsp3) is 0.462. The molecule has 1 heterocycles. The highest BCUT2D eigenvalue weighted by Crippen LogP contribution is 2.04. The average molecular weight is 265 g/mol.